The number of aryl methyl sites for hydroxylation is 1. The van der Waals surface area contributed by atoms with Crippen molar-refractivity contribution in [3.05, 3.63) is 64.8 Å². The maximum absolute atomic E-state index is 14.0. The summed E-state index contributed by atoms with van der Waals surface area (Å²) in [5.74, 6) is -5.95. The molecular weight excluding hydrogens is 533 g/mol. The highest BCUT2D eigenvalue weighted by molar-refractivity contribution is 6.24. The predicted octanol–water partition coefficient (Wildman–Crippen LogP) is 6.85. The largest absolute Gasteiger partial charge is 0.454 e. The summed E-state index contributed by atoms with van der Waals surface area (Å²) in [7, 11) is 0. The van der Waals surface area contributed by atoms with Gasteiger partial charge in [0.05, 0.1) is 16.8 Å². The number of anilines is 1. The molecule has 0 aliphatic carbocycles. The fraction of sp³-hybridized carbons (Fsp3) is 0.167. The summed E-state index contributed by atoms with van der Waals surface area (Å²) in [6.45, 7) is 1.68. The topological polar surface area (TPSA) is 85.9 Å². The number of fused-ring (bicyclic) bond motifs is 3. The Bertz CT molecular complexity index is 1620. The van der Waals surface area contributed by atoms with Crippen molar-refractivity contribution in [3.8, 4) is 11.4 Å². The number of halogens is 9. The minimum Gasteiger partial charge on any atom is -0.398 e. The fourth-order valence-corrected chi connectivity index (χ4v) is 3.85. The molecule has 14 heteroatoms. The maximum atomic E-state index is 14.0. The van der Waals surface area contributed by atoms with Crippen LogP contribution in [0, 0.1) is 6.92 Å². The SMILES string of the molecule is Cc1ccc(-c2nc(C(F)(F)F)c3ccc4c(N)c(C(=O)C(F)(F)F)cc(C(=O)C(F)(F)F)c4c3n2)cc1. The van der Waals surface area contributed by atoms with Gasteiger partial charge in [-0.3, -0.25) is 9.59 Å². The predicted molar refractivity (Wildman–Crippen MR) is 117 cm³/mol. The van der Waals surface area contributed by atoms with Gasteiger partial charge in [0.25, 0.3) is 11.6 Å². The first-order valence-corrected chi connectivity index (χ1v) is 10.4. The van der Waals surface area contributed by atoms with Gasteiger partial charge in [0.1, 0.15) is 0 Å². The van der Waals surface area contributed by atoms with Gasteiger partial charge in [-0.15, -0.1) is 0 Å². The van der Waals surface area contributed by atoms with Crippen molar-refractivity contribution in [2.45, 2.75) is 25.5 Å². The van der Waals surface area contributed by atoms with Gasteiger partial charge < -0.3 is 5.73 Å². The molecule has 3 aromatic carbocycles. The molecule has 5 nitrogen and oxygen atoms in total. The highest BCUT2D eigenvalue weighted by atomic mass is 19.4. The number of aromatic nitrogens is 2. The van der Waals surface area contributed by atoms with Crippen LogP contribution in [0.3, 0.4) is 0 Å². The maximum Gasteiger partial charge on any atom is 0.454 e. The van der Waals surface area contributed by atoms with Gasteiger partial charge >= 0.3 is 18.5 Å². The molecule has 0 unspecified atom stereocenters. The van der Waals surface area contributed by atoms with Gasteiger partial charge in [-0.1, -0.05) is 35.9 Å². The van der Waals surface area contributed by atoms with E-state index in [1.165, 1.54) is 24.3 Å². The number of nitrogens with zero attached hydrogens (tertiary/aromatic N) is 2. The van der Waals surface area contributed by atoms with Gasteiger partial charge in [0.2, 0.25) is 0 Å². The summed E-state index contributed by atoms with van der Waals surface area (Å²) in [4.78, 5) is 31.7. The van der Waals surface area contributed by atoms with Crippen LogP contribution in [-0.4, -0.2) is 33.9 Å². The van der Waals surface area contributed by atoms with Gasteiger partial charge in [0.15, 0.2) is 11.5 Å². The van der Waals surface area contributed by atoms with E-state index in [0.29, 0.717) is 17.7 Å². The molecule has 2 N–H and O–H groups in total. The van der Waals surface area contributed by atoms with E-state index in [1.54, 1.807) is 6.92 Å². The van der Waals surface area contributed by atoms with Crippen LogP contribution in [0.5, 0.6) is 0 Å². The number of hydrogen-bond acceptors (Lipinski definition) is 5. The third-order valence-corrected chi connectivity index (χ3v) is 5.59. The Labute approximate surface area is 206 Å². The molecule has 0 aliphatic heterocycles. The van der Waals surface area contributed by atoms with Crippen LogP contribution < -0.4 is 5.73 Å². The lowest BCUT2D eigenvalue weighted by atomic mass is 9.91. The average Bonchev–Trinajstić information content (AvgIpc) is 2.81. The van der Waals surface area contributed by atoms with Crippen molar-refractivity contribution in [3.63, 3.8) is 0 Å². The lowest BCUT2D eigenvalue weighted by molar-refractivity contribution is -0.139. The molecule has 0 amide bonds. The third kappa shape index (κ3) is 4.61. The first kappa shape index (κ1) is 26.8. The number of alkyl halides is 9. The van der Waals surface area contributed by atoms with E-state index < -0.39 is 80.1 Å². The minimum absolute atomic E-state index is 0.0241. The van der Waals surface area contributed by atoms with Gasteiger partial charge in [-0.25, -0.2) is 9.97 Å². The molecule has 1 aromatic heterocycles. The summed E-state index contributed by atoms with van der Waals surface area (Å²) in [5.41, 5.74) is 0.0471. The van der Waals surface area contributed by atoms with Crippen LogP contribution >= 0.6 is 0 Å². The molecule has 4 rings (SSSR count). The summed E-state index contributed by atoms with van der Waals surface area (Å²) in [5, 5.41) is -2.46. The Kier molecular flexibility index (Phi) is 6.12. The number of nitrogen functional groups attached to an aromatic ring is 1. The molecule has 1 heterocycles. The van der Waals surface area contributed by atoms with Crippen molar-refractivity contribution in [2.75, 3.05) is 5.73 Å². The second-order valence-corrected chi connectivity index (χ2v) is 8.18. The van der Waals surface area contributed by atoms with Crippen LogP contribution in [0.15, 0.2) is 42.5 Å². The molecule has 0 bridgehead atoms. The number of carbonyl (C=O) groups excluding carboxylic acids is 2. The number of carbonyl (C=O) groups is 2. The first-order valence-electron chi connectivity index (χ1n) is 10.4. The van der Waals surface area contributed by atoms with Crippen molar-refractivity contribution >= 4 is 38.9 Å². The zero-order valence-electron chi connectivity index (χ0n) is 18.7. The van der Waals surface area contributed by atoms with Crippen LogP contribution in [-0.2, 0) is 6.18 Å². The standard InChI is InChI=1S/C24H12F9N3O2/c1-9-2-4-10(5-3-9)21-35-17-12(18(36-21)22(25,26)27)7-6-11-15(17)13(19(37)23(28,29)30)8-14(16(11)34)20(38)24(31,32)33/h2-8H,34H2,1H3. The molecule has 198 valence electrons. The molecule has 0 saturated heterocycles. The highest BCUT2D eigenvalue weighted by Gasteiger charge is 2.45. The zero-order valence-corrected chi connectivity index (χ0v) is 18.7. The van der Waals surface area contributed by atoms with Crippen LogP contribution in [0.1, 0.15) is 32.0 Å². The Morgan fingerprint density at radius 1 is 0.737 bits per heavy atom. The van der Waals surface area contributed by atoms with E-state index in [9.17, 15) is 49.1 Å². The number of hydrogen-bond donors (Lipinski definition) is 1. The highest BCUT2D eigenvalue weighted by Crippen LogP contribution is 2.42. The van der Waals surface area contributed by atoms with Crippen molar-refractivity contribution in [1.82, 2.24) is 9.97 Å². The van der Waals surface area contributed by atoms with Gasteiger partial charge in [0, 0.05) is 27.3 Å². The monoisotopic (exact) mass is 545 g/mol. The number of rotatable bonds is 3. The molecule has 4 aromatic rings. The summed E-state index contributed by atoms with van der Waals surface area (Å²) in [6.07, 6.45) is -16.4. The second-order valence-electron chi connectivity index (χ2n) is 8.18. The van der Waals surface area contributed by atoms with E-state index >= 15 is 0 Å². The average molecular weight is 545 g/mol. The van der Waals surface area contributed by atoms with Crippen LogP contribution in [0.25, 0.3) is 33.1 Å². The molecule has 0 saturated carbocycles. The van der Waals surface area contributed by atoms with Gasteiger partial charge in [-0.05, 0) is 19.1 Å². The Morgan fingerprint density at radius 2 is 1.26 bits per heavy atom. The Morgan fingerprint density at radius 3 is 1.79 bits per heavy atom. The van der Waals surface area contributed by atoms with Gasteiger partial charge in [-0.2, -0.15) is 39.5 Å². The quantitative estimate of drug-likeness (QED) is 0.132. The van der Waals surface area contributed by atoms with Crippen molar-refractivity contribution < 1.29 is 49.1 Å². The molecule has 38 heavy (non-hydrogen) atoms. The summed E-state index contributed by atoms with van der Waals surface area (Å²) < 4.78 is 122. The zero-order chi connectivity index (χ0) is 28.4. The normalized spacial score (nSPS) is 12.8. The Hall–Kier alpha value is -4.23. The molecule has 0 radical (unpaired) electrons. The number of nitrogens with two attached hydrogens (primary N) is 1. The second kappa shape index (κ2) is 8.67. The van der Waals surface area contributed by atoms with E-state index in [-0.39, 0.29) is 11.6 Å². The van der Waals surface area contributed by atoms with E-state index in [0.717, 1.165) is 0 Å². The molecule has 0 spiro atoms. The van der Waals surface area contributed by atoms with Crippen LogP contribution in [0.2, 0.25) is 0 Å². The first-order chi connectivity index (χ1) is 17.4. The number of Topliss-reactive ketones (excluding diaryl/α,β-unsaturated/α-hetero) is 2. The molecule has 0 fully saturated rings. The smallest absolute Gasteiger partial charge is 0.398 e. The van der Waals surface area contributed by atoms with E-state index in [2.05, 4.69) is 9.97 Å². The van der Waals surface area contributed by atoms with Crippen LogP contribution in [0.4, 0.5) is 45.2 Å². The van der Waals surface area contributed by atoms with E-state index in [1.807, 2.05) is 0 Å². The third-order valence-electron chi connectivity index (χ3n) is 5.59. The number of benzene rings is 3. The molecular formula is C24H12F9N3O2. The van der Waals surface area contributed by atoms with Crippen molar-refractivity contribution in [2.24, 2.45) is 0 Å². The lowest BCUT2D eigenvalue weighted by Crippen LogP contribution is -2.27. The molecule has 0 atom stereocenters. The minimum atomic E-state index is -5.68. The van der Waals surface area contributed by atoms with E-state index in [4.69, 9.17) is 5.73 Å². The summed E-state index contributed by atoms with van der Waals surface area (Å²) in [6, 6.07) is 7.05. The Balaban J connectivity index is 2.24. The van der Waals surface area contributed by atoms with Crippen molar-refractivity contribution in [1.29, 1.82) is 0 Å². The number of ketones is 2. The fourth-order valence-electron chi connectivity index (χ4n) is 3.85. The lowest BCUT2D eigenvalue weighted by Gasteiger charge is -2.18. The summed E-state index contributed by atoms with van der Waals surface area (Å²) >= 11 is 0. The molecule has 0 aliphatic rings.